The van der Waals surface area contributed by atoms with Gasteiger partial charge >= 0.3 is 0 Å². The van der Waals surface area contributed by atoms with Crippen molar-refractivity contribution >= 4 is 5.91 Å². The van der Waals surface area contributed by atoms with E-state index in [9.17, 15) is 45.6 Å². The van der Waals surface area contributed by atoms with Gasteiger partial charge in [0, 0.05) is 6.42 Å². The van der Waals surface area contributed by atoms with E-state index in [0.717, 1.165) is 44.9 Å². The number of hydrogen-bond acceptors (Lipinski definition) is 13. The maximum Gasteiger partial charge on any atom is 0.220 e. The highest BCUT2D eigenvalue weighted by Gasteiger charge is 2.51. The van der Waals surface area contributed by atoms with Gasteiger partial charge in [-0.1, -0.05) is 294 Å². The Morgan fingerprint density at radius 3 is 1.18 bits per heavy atom. The highest BCUT2D eigenvalue weighted by molar-refractivity contribution is 5.76. The van der Waals surface area contributed by atoms with Crippen LogP contribution in [0.4, 0.5) is 0 Å². The van der Waals surface area contributed by atoms with Crippen molar-refractivity contribution in [3.8, 4) is 0 Å². The standard InChI is InChI=1S/C71H133NO13/c1-3-5-7-9-11-13-15-17-19-21-23-25-27-29-31-32-34-36-38-40-42-44-46-48-50-52-54-60(75)59(58-82-70-68(81)66(79)69(62(57-74)84-70)85-71-67(80)65(78)64(77)61(56-73)83-71)72-63(76)55-53-51-49-47-45-43-41-39-37-35-33-30-28-26-24-22-20-18-16-14-12-10-8-6-4-2/h16,18,22,24,52,54,59-62,64-71,73-75,77-81H,3-15,17,19-21,23,25-51,53,55-58H2,1-2H3,(H,72,76)/b18-16-,24-22-,54-52+. The normalized spacial score (nSPS) is 23.7. The second-order valence-corrected chi connectivity index (χ2v) is 25.4. The molecule has 14 heteroatoms. The van der Waals surface area contributed by atoms with E-state index >= 15 is 0 Å². The molecule has 2 rings (SSSR count). The number of carbonyl (C=O) groups excluding carboxylic acids is 1. The van der Waals surface area contributed by atoms with Crippen molar-refractivity contribution in [2.45, 2.75) is 389 Å². The number of rotatable bonds is 59. The molecular weight excluding hydrogens is 1070 g/mol. The molecule has 85 heavy (non-hydrogen) atoms. The van der Waals surface area contributed by atoms with Gasteiger partial charge in [-0.05, 0) is 51.4 Å². The van der Waals surface area contributed by atoms with Crippen LogP contribution in [0.1, 0.15) is 316 Å². The molecule has 0 aromatic heterocycles. The molecule has 0 spiro atoms. The number of carbonyl (C=O) groups is 1. The lowest BCUT2D eigenvalue weighted by atomic mass is 9.97. The Bertz CT molecular complexity index is 1560. The molecule has 2 fully saturated rings. The summed E-state index contributed by atoms with van der Waals surface area (Å²) < 4.78 is 22.9. The first kappa shape index (κ1) is 79.3. The second kappa shape index (κ2) is 56.2. The summed E-state index contributed by atoms with van der Waals surface area (Å²) in [5, 5.41) is 87.5. The third-order valence-corrected chi connectivity index (χ3v) is 17.6. The maximum absolute atomic E-state index is 13.3. The monoisotopic (exact) mass is 1210 g/mol. The van der Waals surface area contributed by atoms with Gasteiger partial charge in [-0.25, -0.2) is 0 Å². The van der Waals surface area contributed by atoms with Crippen LogP contribution in [-0.2, 0) is 23.7 Å². The van der Waals surface area contributed by atoms with Crippen molar-refractivity contribution in [3.63, 3.8) is 0 Å². The molecular formula is C71H133NO13. The van der Waals surface area contributed by atoms with Gasteiger partial charge in [0.15, 0.2) is 12.6 Å². The van der Waals surface area contributed by atoms with Crippen molar-refractivity contribution in [2.75, 3.05) is 19.8 Å². The summed E-state index contributed by atoms with van der Waals surface area (Å²) in [6, 6.07) is -0.916. The number of aliphatic hydroxyl groups is 8. The average molecular weight is 1210 g/mol. The molecule has 0 aromatic carbocycles. The molecule has 0 aromatic rings. The predicted octanol–water partition coefficient (Wildman–Crippen LogP) is 14.5. The minimum absolute atomic E-state index is 0.236. The largest absolute Gasteiger partial charge is 0.394 e. The third kappa shape index (κ3) is 40.5. The van der Waals surface area contributed by atoms with Crippen molar-refractivity contribution in [3.05, 3.63) is 36.5 Å². The van der Waals surface area contributed by atoms with Crippen molar-refractivity contribution in [2.24, 2.45) is 0 Å². The molecule has 12 atom stereocenters. The SMILES string of the molecule is CCCCCCC/C=C\C/C=C\CCCCCCCCCCCCCCCC(=O)NC(COC1OC(CO)C(OC2OC(CO)C(O)C(O)C2O)C(O)C1O)C(O)/C=C/CCCCCCCCCCCCCCCCCCCCCCCCCC. The van der Waals surface area contributed by atoms with E-state index in [1.54, 1.807) is 6.08 Å². The molecule has 0 bridgehead atoms. The quantitative estimate of drug-likeness (QED) is 0.0204. The van der Waals surface area contributed by atoms with Gasteiger partial charge in [0.25, 0.3) is 0 Å². The average Bonchev–Trinajstić information content (AvgIpc) is 3.29. The molecule has 2 heterocycles. The lowest BCUT2D eigenvalue weighted by molar-refractivity contribution is -0.359. The Morgan fingerprint density at radius 2 is 0.776 bits per heavy atom. The topological polar surface area (TPSA) is 228 Å². The van der Waals surface area contributed by atoms with Gasteiger partial charge in [-0.3, -0.25) is 4.79 Å². The van der Waals surface area contributed by atoms with E-state index in [1.807, 2.05) is 6.08 Å². The minimum Gasteiger partial charge on any atom is -0.394 e. The molecule has 2 aliphatic heterocycles. The number of unbranched alkanes of at least 4 members (excludes halogenated alkanes) is 42. The molecule has 0 radical (unpaired) electrons. The van der Waals surface area contributed by atoms with E-state index in [1.165, 1.54) is 244 Å². The fraction of sp³-hybridized carbons (Fsp3) is 0.901. The molecule has 12 unspecified atom stereocenters. The summed E-state index contributed by atoms with van der Waals surface area (Å²) in [6.45, 7) is 2.84. The van der Waals surface area contributed by atoms with Crippen LogP contribution >= 0.6 is 0 Å². The van der Waals surface area contributed by atoms with E-state index in [2.05, 4.69) is 43.5 Å². The Balaban J connectivity index is 1.68. The van der Waals surface area contributed by atoms with E-state index in [4.69, 9.17) is 18.9 Å². The first-order valence-electron chi connectivity index (χ1n) is 35.7. The fourth-order valence-corrected chi connectivity index (χ4v) is 11.9. The Morgan fingerprint density at radius 1 is 0.424 bits per heavy atom. The number of hydrogen-bond donors (Lipinski definition) is 9. The summed E-state index contributed by atoms with van der Waals surface area (Å²) in [4.78, 5) is 13.3. The zero-order valence-electron chi connectivity index (χ0n) is 54.4. The van der Waals surface area contributed by atoms with Crippen LogP contribution in [0.2, 0.25) is 0 Å². The summed E-state index contributed by atoms with van der Waals surface area (Å²) in [7, 11) is 0. The van der Waals surface area contributed by atoms with Gasteiger partial charge in [0.2, 0.25) is 5.91 Å². The van der Waals surface area contributed by atoms with Crippen LogP contribution < -0.4 is 5.32 Å². The molecule has 14 nitrogen and oxygen atoms in total. The van der Waals surface area contributed by atoms with Crippen molar-refractivity contribution in [1.82, 2.24) is 5.32 Å². The van der Waals surface area contributed by atoms with Gasteiger partial charge in [0.1, 0.15) is 48.8 Å². The molecule has 9 N–H and O–H groups in total. The lowest BCUT2D eigenvalue weighted by Crippen LogP contribution is -2.65. The van der Waals surface area contributed by atoms with Gasteiger partial charge < -0.3 is 65.1 Å². The molecule has 0 saturated carbocycles. The first-order valence-corrected chi connectivity index (χ1v) is 35.7. The summed E-state index contributed by atoms with van der Waals surface area (Å²) >= 11 is 0. The predicted molar refractivity (Wildman–Crippen MR) is 346 cm³/mol. The number of allylic oxidation sites excluding steroid dienone is 5. The number of amides is 1. The van der Waals surface area contributed by atoms with Crippen LogP contribution in [-0.4, -0.2) is 140 Å². The highest BCUT2D eigenvalue weighted by Crippen LogP contribution is 2.30. The summed E-state index contributed by atoms with van der Waals surface area (Å²) in [6.07, 6.45) is 54.8. The minimum atomic E-state index is -1.79. The van der Waals surface area contributed by atoms with E-state index in [-0.39, 0.29) is 18.9 Å². The summed E-state index contributed by atoms with van der Waals surface area (Å²) in [5.74, 6) is -0.236. The zero-order valence-corrected chi connectivity index (χ0v) is 54.4. The maximum atomic E-state index is 13.3. The van der Waals surface area contributed by atoms with Crippen LogP contribution in [0.3, 0.4) is 0 Å². The Kier molecular flexibility index (Phi) is 52.4. The van der Waals surface area contributed by atoms with Crippen molar-refractivity contribution < 1.29 is 64.6 Å². The van der Waals surface area contributed by atoms with Gasteiger partial charge in [0.05, 0.1) is 32.0 Å². The first-order chi connectivity index (χ1) is 41.6. The molecule has 1 amide bonds. The molecule has 2 saturated heterocycles. The van der Waals surface area contributed by atoms with Crippen LogP contribution in [0.15, 0.2) is 36.5 Å². The zero-order chi connectivity index (χ0) is 61.6. The second-order valence-electron chi connectivity index (χ2n) is 25.4. The van der Waals surface area contributed by atoms with E-state index < -0.39 is 86.8 Å². The molecule has 500 valence electrons. The number of aliphatic hydroxyl groups excluding tert-OH is 8. The molecule has 2 aliphatic rings. The third-order valence-electron chi connectivity index (χ3n) is 17.6. The summed E-state index contributed by atoms with van der Waals surface area (Å²) in [5.41, 5.74) is 0. The molecule has 0 aliphatic carbocycles. The van der Waals surface area contributed by atoms with Crippen molar-refractivity contribution in [1.29, 1.82) is 0 Å². The number of nitrogens with one attached hydrogen (secondary N) is 1. The van der Waals surface area contributed by atoms with Crippen LogP contribution in [0, 0.1) is 0 Å². The lowest BCUT2D eigenvalue weighted by Gasteiger charge is -2.46. The Labute approximate surface area is 519 Å². The smallest absolute Gasteiger partial charge is 0.220 e. The van der Waals surface area contributed by atoms with Crippen LogP contribution in [0.5, 0.6) is 0 Å². The number of ether oxygens (including phenoxy) is 4. The van der Waals surface area contributed by atoms with Gasteiger partial charge in [-0.15, -0.1) is 0 Å². The van der Waals surface area contributed by atoms with E-state index in [0.29, 0.717) is 6.42 Å². The Hall–Kier alpha value is -1.79. The van der Waals surface area contributed by atoms with Gasteiger partial charge in [-0.2, -0.15) is 0 Å². The fourth-order valence-electron chi connectivity index (χ4n) is 11.9. The highest BCUT2D eigenvalue weighted by atomic mass is 16.7. The van der Waals surface area contributed by atoms with Crippen LogP contribution in [0.25, 0.3) is 0 Å².